The molecular formula is C13H26O2. The van der Waals surface area contributed by atoms with Crippen LogP contribution in [0.3, 0.4) is 0 Å². The standard InChI is InChI=1S/C13H26O2/c1-3-5-7-9-12-11-14-13(15-12)10-8-6-4-2/h12-13H,3-11H2,1-2H3/t12-,13+/m0/s1. The molecule has 0 aromatic heterocycles. The number of rotatable bonds is 8. The Morgan fingerprint density at radius 3 is 2.27 bits per heavy atom. The molecule has 0 saturated carbocycles. The van der Waals surface area contributed by atoms with Gasteiger partial charge in [-0.2, -0.15) is 0 Å². The molecule has 2 atom stereocenters. The van der Waals surface area contributed by atoms with Gasteiger partial charge in [0.05, 0.1) is 12.7 Å². The lowest BCUT2D eigenvalue weighted by Crippen LogP contribution is -2.12. The predicted octanol–water partition coefficient (Wildman–Crippen LogP) is 3.89. The van der Waals surface area contributed by atoms with Crippen LogP contribution >= 0.6 is 0 Å². The zero-order chi connectivity index (χ0) is 10.9. The van der Waals surface area contributed by atoms with Crippen LogP contribution in [0.25, 0.3) is 0 Å². The van der Waals surface area contributed by atoms with Gasteiger partial charge in [-0.15, -0.1) is 0 Å². The molecule has 0 aromatic rings. The zero-order valence-corrected chi connectivity index (χ0v) is 10.3. The fraction of sp³-hybridized carbons (Fsp3) is 1.00. The summed E-state index contributed by atoms with van der Waals surface area (Å²) in [6.07, 6.45) is 10.4. The maximum Gasteiger partial charge on any atom is 0.158 e. The van der Waals surface area contributed by atoms with E-state index in [1.165, 1.54) is 44.9 Å². The molecular weight excluding hydrogens is 188 g/mol. The Morgan fingerprint density at radius 1 is 0.933 bits per heavy atom. The van der Waals surface area contributed by atoms with Crippen LogP contribution in [-0.4, -0.2) is 19.0 Å². The number of ether oxygens (including phenoxy) is 2. The first-order chi connectivity index (χ1) is 7.36. The first-order valence-electron chi connectivity index (χ1n) is 6.63. The van der Waals surface area contributed by atoms with Crippen molar-refractivity contribution >= 4 is 0 Å². The lowest BCUT2D eigenvalue weighted by molar-refractivity contribution is -0.0642. The smallest absolute Gasteiger partial charge is 0.158 e. The van der Waals surface area contributed by atoms with Gasteiger partial charge in [0.15, 0.2) is 6.29 Å². The van der Waals surface area contributed by atoms with Gasteiger partial charge in [-0.25, -0.2) is 0 Å². The summed E-state index contributed by atoms with van der Waals surface area (Å²) >= 11 is 0. The van der Waals surface area contributed by atoms with Crippen LogP contribution in [0.1, 0.15) is 65.2 Å². The van der Waals surface area contributed by atoms with Crippen molar-refractivity contribution in [2.45, 2.75) is 77.6 Å². The van der Waals surface area contributed by atoms with Crippen molar-refractivity contribution in [3.8, 4) is 0 Å². The molecule has 0 amide bonds. The lowest BCUT2D eigenvalue weighted by Gasteiger charge is -2.10. The van der Waals surface area contributed by atoms with Gasteiger partial charge in [0.25, 0.3) is 0 Å². The van der Waals surface area contributed by atoms with Gasteiger partial charge < -0.3 is 9.47 Å². The Hall–Kier alpha value is -0.0800. The molecule has 1 heterocycles. The minimum atomic E-state index is 0.100. The third kappa shape index (κ3) is 5.53. The molecule has 1 saturated heterocycles. The maximum absolute atomic E-state index is 5.83. The quantitative estimate of drug-likeness (QED) is 0.571. The van der Waals surface area contributed by atoms with Crippen LogP contribution in [-0.2, 0) is 9.47 Å². The Balaban J connectivity index is 1.99. The van der Waals surface area contributed by atoms with Crippen molar-refractivity contribution < 1.29 is 9.47 Å². The lowest BCUT2D eigenvalue weighted by atomic mass is 10.1. The molecule has 1 rings (SSSR count). The number of hydrogen-bond acceptors (Lipinski definition) is 2. The van der Waals surface area contributed by atoms with Crippen molar-refractivity contribution in [1.29, 1.82) is 0 Å². The number of hydrogen-bond donors (Lipinski definition) is 0. The van der Waals surface area contributed by atoms with Gasteiger partial charge in [0, 0.05) is 0 Å². The van der Waals surface area contributed by atoms with Gasteiger partial charge in [0.2, 0.25) is 0 Å². The maximum atomic E-state index is 5.83. The fourth-order valence-electron chi connectivity index (χ4n) is 1.99. The fourth-order valence-corrected chi connectivity index (χ4v) is 1.99. The SMILES string of the molecule is CCCCC[C@H]1CO[C@@H](CCCCC)O1. The third-order valence-electron chi connectivity index (χ3n) is 2.99. The summed E-state index contributed by atoms with van der Waals surface area (Å²) in [5.41, 5.74) is 0. The summed E-state index contributed by atoms with van der Waals surface area (Å²) in [4.78, 5) is 0. The molecule has 1 aliphatic heterocycles. The van der Waals surface area contributed by atoms with Crippen molar-refractivity contribution in [2.75, 3.05) is 6.61 Å². The topological polar surface area (TPSA) is 18.5 Å². The van der Waals surface area contributed by atoms with Crippen molar-refractivity contribution in [2.24, 2.45) is 0 Å². The predicted molar refractivity (Wildman–Crippen MR) is 62.9 cm³/mol. The highest BCUT2D eigenvalue weighted by molar-refractivity contribution is 4.65. The molecule has 0 spiro atoms. The van der Waals surface area contributed by atoms with Gasteiger partial charge in [0.1, 0.15) is 0 Å². The Labute approximate surface area is 94.3 Å². The van der Waals surface area contributed by atoms with Crippen LogP contribution in [0, 0.1) is 0 Å². The summed E-state index contributed by atoms with van der Waals surface area (Å²) < 4.78 is 11.5. The van der Waals surface area contributed by atoms with Gasteiger partial charge in [-0.3, -0.25) is 0 Å². The second-order valence-corrected chi connectivity index (χ2v) is 4.51. The molecule has 0 unspecified atom stereocenters. The largest absolute Gasteiger partial charge is 0.350 e. The van der Waals surface area contributed by atoms with Crippen LogP contribution in [0.15, 0.2) is 0 Å². The van der Waals surface area contributed by atoms with Gasteiger partial charge >= 0.3 is 0 Å². The second kappa shape index (κ2) is 8.12. The van der Waals surface area contributed by atoms with Crippen LogP contribution in [0.4, 0.5) is 0 Å². The van der Waals surface area contributed by atoms with E-state index < -0.39 is 0 Å². The van der Waals surface area contributed by atoms with Crippen molar-refractivity contribution in [1.82, 2.24) is 0 Å². The van der Waals surface area contributed by atoms with E-state index in [1.807, 2.05) is 0 Å². The highest BCUT2D eigenvalue weighted by atomic mass is 16.7. The average Bonchev–Trinajstić information content (AvgIpc) is 2.67. The van der Waals surface area contributed by atoms with E-state index >= 15 is 0 Å². The van der Waals surface area contributed by atoms with Crippen LogP contribution in [0.2, 0.25) is 0 Å². The van der Waals surface area contributed by atoms with E-state index in [-0.39, 0.29) is 6.29 Å². The van der Waals surface area contributed by atoms with Crippen molar-refractivity contribution in [3.05, 3.63) is 0 Å². The van der Waals surface area contributed by atoms with Crippen LogP contribution in [0.5, 0.6) is 0 Å². The summed E-state index contributed by atoms with van der Waals surface area (Å²) in [6.45, 7) is 5.28. The molecule has 0 aromatic carbocycles. The molecule has 2 nitrogen and oxygen atoms in total. The van der Waals surface area contributed by atoms with E-state index in [9.17, 15) is 0 Å². The third-order valence-corrected chi connectivity index (χ3v) is 2.99. The van der Waals surface area contributed by atoms with E-state index in [1.54, 1.807) is 0 Å². The molecule has 1 fully saturated rings. The first kappa shape index (κ1) is 13.0. The minimum Gasteiger partial charge on any atom is -0.350 e. The van der Waals surface area contributed by atoms with Gasteiger partial charge in [-0.1, -0.05) is 46.0 Å². The normalized spacial score (nSPS) is 26.0. The molecule has 0 bridgehead atoms. The molecule has 0 N–H and O–H groups in total. The monoisotopic (exact) mass is 214 g/mol. The number of unbranched alkanes of at least 4 members (excludes halogenated alkanes) is 4. The highest BCUT2D eigenvalue weighted by Gasteiger charge is 2.24. The van der Waals surface area contributed by atoms with E-state index in [4.69, 9.17) is 9.47 Å². The van der Waals surface area contributed by atoms with Crippen molar-refractivity contribution in [3.63, 3.8) is 0 Å². The average molecular weight is 214 g/mol. The summed E-state index contributed by atoms with van der Waals surface area (Å²) in [5.74, 6) is 0. The second-order valence-electron chi connectivity index (χ2n) is 4.51. The van der Waals surface area contributed by atoms with E-state index in [0.717, 1.165) is 13.0 Å². The van der Waals surface area contributed by atoms with Gasteiger partial charge in [-0.05, 0) is 19.3 Å². The summed E-state index contributed by atoms with van der Waals surface area (Å²) in [5, 5.41) is 0. The zero-order valence-electron chi connectivity index (χ0n) is 10.3. The molecule has 0 radical (unpaired) electrons. The Kier molecular flexibility index (Phi) is 7.03. The first-order valence-corrected chi connectivity index (χ1v) is 6.63. The van der Waals surface area contributed by atoms with E-state index in [0.29, 0.717) is 6.10 Å². The molecule has 15 heavy (non-hydrogen) atoms. The Bertz CT molecular complexity index is 131. The molecule has 1 aliphatic rings. The van der Waals surface area contributed by atoms with Crippen LogP contribution < -0.4 is 0 Å². The summed E-state index contributed by atoms with van der Waals surface area (Å²) in [7, 11) is 0. The molecule has 90 valence electrons. The van der Waals surface area contributed by atoms with E-state index in [2.05, 4.69) is 13.8 Å². The minimum absolute atomic E-state index is 0.100. The molecule has 0 aliphatic carbocycles. The summed E-state index contributed by atoms with van der Waals surface area (Å²) in [6, 6.07) is 0. The molecule has 2 heteroatoms. The highest BCUT2D eigenvalue weighted by Crippen LogP contribution is 2.20. The Morgan fingerprint density at radius 2 is 1.60 bits per heavy atom.